The Morgan fingerprint density at radius 2 is 1.97 bits per heavy atom. The third-order valence-electron chi connectivity index (χ3n) is 5.69. The summed E-state index contributed by atoms with van der Waals surface area (Å²) < 4.78 is 5.01. The van der Waals surface area contributed by atoms with Gasteiger partial charge in [0.2, 0.25) is 0 Å². The van der Waals surface area contributed by atoms with Crippen LogP contribution in [0, 0.1) is 6.92 Å². The number of aldehydes is 1. The number of methoxy groups -OCH3 is 1. The monoisotopic (exact) mass is 505 g/mol. The van der Waals surface area contributed by atoms with Gasteiger partial charge in [-0.15, -0.1) is 0 Å². The molecule has 10 heteroatoms. The Labute approximate surface area is 204 Å². The van der Waals surface area contributed by atoms with Crippen molar-refractivity contribution < 1.29 is 19.1 Å². The van der Waals surface area contributed by atoms with Crippen LogP contribution < -0.4 is 0 Å². The lowest BCUT2D eigenvalue weighted by molar-refractivity contribution is -0.147. The maximum Gasteiger partial charge on any atom is 0.329 e. The molecule has 0 fully saturated rings. The van der Waals surface area contributed by atoms with Crippen LogP contribution in [-0.4, -0.2) is 46.2 Å². The molecule has 4 rings (SSSR count). The molecule has 0 bridgehead atoms. The molecule has 0 spiro atoms. The van der Waals surface area contributed by atoms with Crippen molar-refractivity contribution in [2.24, 2.45) is 0 Å². The van der Waals surface area contributed by atoms with Crippen molar-refractivity contribution in [3.8, 4) is 0 Å². The van der Waals surface area contributed by atoms with Gasteiger partial charge in [0.15, 0.2) is 6.29 Å². The highest BCUT2D eigenvalue weighted by atomic mass is 35.5. The summed E-state index contributed by atoms with van der Waals surface area (Å²) >= 11 is 19.1. The number of aromatic nitrogens is 2. The van der Waals surface area contributed by atoms with Crippen molar-refractivity contribution in [2.75, 3.05) is 7.11 Å². The second-order valence-corrected chi connectivity index (χ2v) is 8.77. The molecule has 1 aliphatic rings. The van der Waals surface area contributed by atoms with Gasteiger partial charge in [0.1, 0.15) is 12.1 Å². The number of aryl methyl sites for hydroxylation is 1. The number of hydrogen-bond donors (Lipinski definition) is 1. The Bertz CT molecular complexity index is 1270. The number of amides is 1. The lowest BCUT2D eigenvalue weighted by Gasteiger charge is -2.40. The number of fused-ring (bicyclic) bond motifs is 1. The van der Waals surface area contributed by atoms with Gasteiger partial charge in [-0.05, 0) is 30.7 Å². The second kappa shape index (κ2) is 9.17. The molecule has 170 valence electrons. The van der Waals surface area contributed by atoms with E-state index in [-0.39, 0.29) is 27.6 Å². The lowest BCUT2D eigenvalue weighted by atomic mass is 9.89. The first-order valence-corrected chi connectivity index (χ1v) is 11.0. The number of benzene rings is 2. The number of hydrogen-bond acceptors (Lipinski definition) is 5. The van der Waals surface area contributed by atoms with Crippen molar-refractivity contribution in [1.29, 1.82) is 0 Å². The summed E-state index contributed by atoms with van der Waals surface area (Å²) in [6, 6.07) is 6.09. The second-order valence-electron chi connectivity index (χ2n) is 7.57. The Morgan fingerprint density at radius 3 is 2.67 bits per heavy atom. The van der Waals surface area contributed by atoms with Crippen LogP contribution in [0.3, 0.4) is 0 Å². The fourth-order valence-corrected chi connectivity index (χ4v) is 4.66. The highest BCUT2D eigenvalue weighted by molar-refractivity contribution is 6.42. The quantitative estimate of drug-likeness (QED) is 0.404. The molecule has 0 saturated carbocycles. The van der Waals surface area contributed by atoms with Gasteiger partial charge in [-0.2, -0.15) is 0 Å². The molecule has 0 saturated heterocycles. The number of esters is 1. The first-order chi connectivity index (χ1) is 15.8. The molecule has 2 unspecified atom stereocenters. The van der Waals surface area contributed by atoms with Crippen molar-refractivity contribution in [2.45, 2.75) is 25.4 Å². The van der Waals surface area contributed by atoms with Crippen LogP contribution in [0.4, 0.5) is 0 Å². The van der Waals surface area contributed by atoms with E-state index in [1.165, 1.54) is 30.5 Å². The van der Waals surface area contributed by atoms with Crippen molar-refractivity contribution in [1.82, 2.24) is 14.9 Å². The topological polar surface area (TPSA) is 92.4 Å². The number of ether oxygens (including phenoxy) is 1. The maximum absolute atomic E-state index is 14.0. The van der Waals surface area contributed by atoms with Gasteiger partial charge >= 0.3 is 5.97 Å². The van der Waals surface area contributed by atoms with E-state index in [4.69, 9.17) is 39.5 Å². The van der Waals surface area contributed by atoms with E-state index in [1.807, 2.05) is 0 Å². The fraction of sp³-hybridized carbons (Fsp3) is 0.217. The first-order valence-electron chi connectivity index (χ1n) is 9.90. The van der Waals surface area contributed by atoms with Crippen LogP contribution in [0.5, 0.6) is 0 Å². The summed E-state index contributed by atoms with van der Waals surface area (Å²) in [5, 5.41) is 0.818. The Kier molecular flexibility index (Phi) is 6.47. The number of carbonyl (C=O) groups excluding carboxylic acids is 3. The molecule has 2 atom stereocenters. The molecule has 0 radical (unpaired) electrons. The summed E-state index contributed by atoms with van der Waals surface area (Å²) in [5.74, 6) is -1.22. The van der Waals surface area contributed by atoms with Crippen LogP contribution >= 0.6 is 34.8 Å². The van der Waals surface area contributed by atoms with E-state index in [2.05, 4.69) is 9.97 Å². The minimum Gasteiger partial charge on any atom is -0.467 e. The van der Waals surface area contributed by atoms with Gasteiger partial charge in [0.25, 0.3) is 5.91 Å². The predicted molar refractivity (Wildman–Crippen MR) is 124 cm³/mol. The van der Waals surface area contributed by atoms with Crippen molar-refractivity contribution >= 4 is 53.0 Å². The van der Waals surface area contributed by atoms with Crippen molar-refractivity contribution in [3.63, 3.8) is 0 Å². The highest BCUT2D eigenvalue weighted by Gasteiger charge is 2.45. The van der Waals surface area contributed by atoms with E-state index in [0.717, 1.165) is 0 Å². The zero-order valence-corrected chi connectivity index (χ0v) is 19.8. The standard InChI is InChI=1S/C23H18Cl3N3O4/c1-11-6-12(9-30)14(7-16(11)25)22(31)29-18(23(32)33-2)8-17-20(28-10-27-17)21(29)13-4-3-5-15(24)19(13)26/h3-7,9-10,18,21H,8H2,1-2H3,(H,27,28). The number of aromatic amines is 1. The lowest BCUT2D eigenvalue weighted by Crippen LogP contribution is -2.52. The van der Waals surface area contributed by atoms with Crippen LogP contribution in [-0.2, 0) is 16.0 Å². The fourth-order valence-electron chi connectivity index (χ4n) is 4.08. The molecular weight excluding hydrogens is 489 g/mol. The third-order valence-corrected chi connectivity index (χ3v) is 6.93. The van der Waals surface area contributed by atoms with Crippen LogP contribution in [0.15, 0.2) is 36.7 Å². The number of nitrogens with one attached hydrogen (secondary N) is 1. The zero-order chi connectivity index (χ0) is 23.9. The number of nitrogens with zero attached hydrogens (tertiary/aromatic N) is 2. The normalized spacial score (nSPS) is 17.4. The van der Waals surface area contributed by atoms with Gasteiger partial charge in [0.05, 0.1) is 34.7 Å². The highest BCUT2D eigenvalue weighted by Crippen LogP contribution is 2.42. The minimum absolute atomic E-state index is 0.0524. The number of carbonyl (C=O) groups is 3. The predicted octanol–water partition coefficient (Wildman–Crippen LogP) is 4.82. The number of H-pyrrole nitrogens is 1. The number of rotatable bonds is 4. The Hall–Kier alpha value is -2.87. The summed E-state index contributed by atoms with van der Waals surface area (Å²) in [5.41, 5.74) is 2.49. The van der Waals surface area contributed by atoms with Gasteiger partial charge in [-0.25, -0.2) is 9.78 Å². The largest absolute Gasteiger partial charge is 0.467 e. The first kappa shape index (κ1) is 23.3. The summed E-state index contributed by atoms with van der Waals surface area (Å²) in [6.07, 6.45) is 2.20. The van der Waals surface area contributed by atoms with Crippen LogP contribution in [0.25, 0.3) is 0 Å². The molecule has 7 nitrogen and oxygen atoms in total. The molecule has 1 aliphatic heterocycles. The molecular formula is C23H18Cl3N3O4. The van der Waals surface area contributed by atoms with Gasteiger partial charge in [-0.1, -0.05) is 46.9 Å². The molecule has 2 heterocycles. The number of imidazole rings is 1. The molecule has 1 amide bonds. The third kappa shape index (κ3) is 4.01. The smallest absolute Gasteiger partial charge is 0.329 e. The van der Waals surface area contributed by atoms with Gasteiger partial charge in [-0.3, -0.25) is 9.59 Å². The summed E-state index contributed by atoms with van der Waals surface area (Å²) in [4.78, 5) is 47.4. The zero-order valence-electron chi connectivity index (χ0n) is 17.6. The van der Waals surface area contributed by atoms with E-state index in [1.54, 1.807) is 25.1 Å². The molecule has 3 aromatic rings. The van der Waals surface area contributed by atoms with Gasteiger partial charge in [0, 0.05) is 28.3 Å². The van der Waals surface area contributed by atoms with E-state index in [9.17, 15) is 14.4 Å². The molecule has 1 N–H and O–H groups in total. The minimum atomic E-state index is -1.02. The van der Waals surface area contributed by atoms with E-state index in [0.29, 0.717) is 33.8 Å². The molecule has 0 aliphatic carbocycles. The SMILES string of the molecule is COC(=O)C1Cc2[nH]cnc2C(c2cccc(Cl)c2Cl)N1C(=O)c1cc(Cl)c(C)cc1C=O. The molecule has 33 heavy (non-hydrogen) atoms. The van der Waals surface area contributed by atoms with Gasteiger partial charge < -0.3 is 14.6 Å². The molecule has 2 aromatic carbocycles. The van der Waals surface area contributed by atoms with E-state index >= 15 is 0 Å². The Morgan fingerprint density at radius 1 is 1.21 bits per heavy atom. The van der Waals surface area contributed by atoms with Crippen LogP contribution in [0.1, 0.15) is 49.3 Å². The van der Waals surface area contributed by atoms with E-state index < -0.39 is 24.0 Å². The summed E-state index contributed by atoms with van der Waals surface area (Å²) in [7, 11) is 1.24. The van der Waals surface area contributed by atoms with Crippen molar-refractivity contribution in [3.05, 3.63) is 85.4 Å². The number of halogens is 3. The average Bonchev–Trinajstić information content (AvgIpc) is 3.28. The molecule has 1 aromatic heterocycles. The Balaban J connectivity index is 1.98. The average molecular weight is 507 g/mol. The summed E-state index contributed by atoms with van der Waals surface area (Å²) in [6.45, 7) is 1.73. The van der Waals surface area contributed by atoms with Crippen LogP contribution in [0.2, 0.25) is 15.1 Å². The maximum atomic E-state index is 14.0.